The lowest BCUT2D eigenvalue weighted by Crippen LogP contribution is -2.44. The van der Waals surface area contributed by atoms with Crippen molar-refractivity contribution in [3.05, 3.63) is 35.9 Å². The number of anilines is 1. The molecule has 3 heterocycles. The molecule has 0 bridgehead atoms. The average Bonchev–Trinajstić information content (AvgIpc) is 3.47. The van der Waals surface area contributed by atoms with Gasteiger partial charge in [-0.2, -0.15) is 0 Å². The van der Waals surface area contributed by atoms with Crippen LogP contribution in [-0.4, -0.2) is 73.3 Å². The monoisotopic (exact) mass is 426 g/mol. The van der Waals surface area contributed by atoms with Crippen molar-refractivity contribution in [3.8, 4) is 11.3 Å². The van der Waals surface area contributed by atoms with E-state index in [0.29, 0.717) is 13.1 Å². The topological polar surface area (TPSA) is 62.1 Å². The number of aromatic nitrogens is 1. The van der Waals surface area contributed by atoms with Crippen LogP contribution in [0.4, 0.5) is 5.88 Å². The summed E-state index contributed by atoms with van der Waals surface area (Å²) in [4.78, 5) is 19.8. The molecule has 0 radical (unpaired) electrons. The summed E-state index contributed by atoms with van der Waals surface area (Å²) in [7, 11) is 0. The molecule has 4 rings (SSSR count). The zero-order chi connectivity index (χ0) is 21.6. The number of rotatable bonds is 8. The third-order valence-corrected chi connectivity index (χ3v) is 6.15. The fourth-order valence-electron chi connectivity index (χ4n) is 4.34. The minimum Gasteiger partial charge on any atom is -0.379 e. The Morgan fingerprint density at radius 3 is 2.48 bits per heavy atom. The zero-order valence-electron chi connectivity index (χ0n) is 18.8. The molecule has 7 heteroatoms. The molecule has 2 aliphatic rings. The molecule has 0 aliphatic carbocycles. The van der Waals surface area contributed by atoms with Crippen LogP contribution >= 0.6 is 0 Å². The predicted octanol–water partition coefficient (Wildman–Crippen LogP) is 3.26. The molecule has 0 unspecified atom stereocenters. The summed E-state index contributed by atoms with van der Waals surface area (Å²) < 4.78 is 11.3. The molecule has 7 nitrogen and oxygen atoms in total. The van der Waals surface area contributed by atoms with E-state index >= 15 is 0 Å². The minimum atomic E-state index is -0.0556. The summed E-state index contributed by atoms with van der Waals surface area (Å²) in [6.07, 6.45) is 2.32. The number of benzene rings is 1. The molecule has 0 N–H and O–H groups in total. The van der Waals surface area contributed by atoms with Crippen LogP contribution in [0.1, 0.15) is 32.3 Å². The first-order chi connectivity index (χ1) is 15.1. The van der Waals surface area contributed by atoms with Gasteiger partial charge in [-0.05, 0) is 12.8 Å². The standard InChI is InChI=1S/C24H34N4O3/c1-19(2)23(29)28(13-12-26-14-16-30-17-15-26)18-21-22(20-8-4-3-5-9-20)25-31-24(21)27-10-6-7-11-27/h3-5,8-9,19H,6-7,10-18H2,1-2H3. The van der Waals surface area contributed by atoms with E-state index in [-0.39, 0.29) is 11.8 Å². The van der Waals surface area contributed by atoms with E-state index in [1.54, 1.807) is 0 Å². The molecule has 0 saturated carbocycles. The number of amides is 1. The predicted molar refractivity (Wildman–Crippen MR) is 121 cm³/mol. The highest BCUT2D eigenvalue weighted by Gasteiger charge is 2.28. The number of hydrogen-bond acceptors (Lipinski definition) is 6. The maximum atomic E-state index is 13.1. The molecule has 2 saturated heterocycles. The Hall–Kier alpha value is -2.38. The van der Waals surface area contributed by atoms with Crippen LogP contribution in [0.2, 0.25) is 0 Å². The van der Waals surface area contributed by atoms with Gasteiger partial charge in [-0.15, -0.1) is 0 Å². The maximum Gasteiger partial charge on any atom is 0.232 e. The van der Waals surface area contributed by atoms with Crippen molar-refractivity contribution in [1.29, 1.82) is 0 Å². The number of morpholine rings is 1. The van der Waals surface area contributed by atoms with Crippen LogP contribution in [0.3, 0.4) is 0 Å². The zero-order valence-corrected chi connectivity index (χ0v) is 18.8. The summed E-state index contributed by atoms with van der Waals surface area (Å²) in [6, 6.07) is 10.1. The van der Waals surface area contributed by atoms with Crippen molar-refractivity contribution >= 4 is 11.8 Å². The van der Waals surface area contributed by atoms with Gasteiger partial charge in [-0.1, -0.05) is 49.3 Å². The van der Waals surface area contributed by atoms with Crippen molar-refractivity contribution in [1.82, 2.24) is 15.0 Å². The normalized spacial score (nSPS) is 17.5. The van der Waals surface area contributed by atoms with Crippen LogP contribution in [0.25, 0.3) is 11.3 Å². The van der Waals surface area contributed by atoms with E-state index in [4.69, 9.17) is 9.26 Å². The lowest BCUT2D eigenvalue weighted by Gasteiger charge is -2.31. The Morgan fingerprint density at radius 2 is 1.81 bits per heavy atom. The summed E-state index contributed by atoms with van der Waals surface area (Å²) in [6.45, 7) is 11.3. The van der Waals surface area contributed by atoms with Crippen molar-refractivity contribution in [2.45, 2.75) is 33.2 Å². The third kappa shape index (κ3) is 5.28. The molecular formula is C24H34N4O3. The average molecular weight is 427 g/mol. The number of hydrogen-bond donors (Lipinski definition) is 0. The largest absolute Gasteiger partial charge is 0.379 e. The van der Waals surface area contributed by atoms with Gasteiger partial charge in [0.05, 0.1) is 25.3 Å². The summed E-state index contributed by atoms with van der Waals surface area (Å²) in [5.41, 5.74) is 2.89. The SMILES string of the molecule is CC(C)C(=O)N(CCN1CCOCC1)Cc1c(-c2ccccc2)noc1N1CCCC1. The molecule has 168 valence electrons. The van der Waals surface area contributed by atoms with E-state index < -0.39 is 0 Å². The van der Waals surface area contributed by atoms with Gasteiger partial charge in [-0.25, -0.2) is 0 Å². The van der Waals surface area contributed by atoms with Gasteiger partial charge in [0.15, 0.2) is 0 Å². The molecule has 1 aromatic heterocycles. The Labute approximate surface area is 184 Å². The van der Waals surface area contributed by atoms with Crippen molar-refractivity contribution in [3.63, 3.8) is 0 Å². The molecular weight excluding hydrogens is 392 g/mol. The van der Waals surface area contributed by atoms with Gasteiger partial charge in [0.2, 0.25) is 11.8 Å². The van der Waals surface area contributed by atoms with Gasteiger partial charge in [-0.3, -0.25) is 9.69 Å². The Balaban J connectivity index is 1.60. The summed E-state index contributed by atoms with van der Waals surface area (Å²) in [5, 5.41) is 4.46. The molecule has 2 fully saturated rings. The van der Waals surface area contributed by atoms with Crippen LogP contribution in [0.15, 0.2) is 34.9 Å². The minimum absolute atomic E-state index is 0.0556. The summed E-state index contributed by atoms with van der Waals surface area (Å²) >= 11 is 0. The van der Waals surface area contributed by atoms with E-state index in [1.807, 2.05) is 36.9 Å². The number of carbonyl (C=O) groups is 1. The smallest absolute Gasteiger partial charge is 0.232 e. The van der Waals surface area contributed by atoms with Crippen LogP contribution < -0.4 is 4.90 Å². The van der Waals surface area contributed by atoms with Crippen LogP contribution in [-0.2, 0) is 16.1 Å². The highest BCUT2D eigenvalue weighted by Crippen LogP contribution is 2.34. The van der Waals surface area contributed by atoms with E-state index in [1.165, 1.54) is 0 Å². The maximum absolute atomic E-state index is 13.1. The van der Waals surface area contributed by atoms with Gasteiger partial charge >= 0.3 is 0 Å². The Morgan fingerprint density at radius 1 is 1.10 bits per heavy atom. The number of nitrogens with zero attached hydrogens (tertiary/aromatic N) is 4. The molecule has 0 spiro atoms. The highest BCUT2D eigenvalue weighted by atomic mass is 16.5. The van der Waals surface area contributed by atoms with Gasteiger partial charge < -0.3 is 19.1 Å². The summed E-state index contributed by atoms with van der Waals surface area (Å²) in [5.74, 6) is 0.935. The highest BCUT2D eigenvalue weighted by molar-refractivity contribution is 5.79. The Bertz CT molecular complexity index is 840. The van der Waals surface area contributed by atoms with Crippen molar-refractivity contribution in [2.24, 2.45) is 5.92 Å². The quantitative estimate of drug-likeness (QED) is 0.646. The molecule has 2 aliphatic heterocycles. The first-order valence-electron chi connectivity index (χ1n) is 11.5. The second-order valence-corrected chi connectivity index (χ2v) is 8.74. The van der Waals surface area contributed by atoms with Gasteiger partial charge in [0, 0.05) is 50.7 Å². The van der Waals surface area contributed by atoms with Crippen LogP contribution in [0, 0.1) is 5.92 Å². The van der Waals surface area contributed by atoms with E-state index in [0.717, 1.165) is 81.5 Å². The number of carbonyl (C=O) groups excluding carboxylic acids is 1. The lowest BCUT2D eigenvalue weighted by molar-refractivity contribution is -0.135. The second-order valence-electron chi connectivity index (χ2n) is 8.74. The van der Waals surface area contributed by atoms with E-state index in [9.17, 15) is 4.79 Å². The molecule has 31 heavy (non-hydrogen) atoms. The third-order valence-electron chi connectivity index (χ3n) is 6.15. The van der Waals surface area contributed by atoms with Gasteiger partial charge in [0.1, 0.15) is 5.69 Å². The second kappa shape index (κ2) is 10.3. The molecule has 1 amide bonds. The van der Waals surface area contributed by atoms with Crippen molar-refractivity contribution in [2.75, 3.05) is 57.4 Å². The van der Waals surface area contributed by atoms with Crippen LogP contribution in [0.5, 0.6) is 0 Å². The number of ether oxygens (including phenoxy) is 1. The molecule has 1 aromatic carbocycles. The van der Waals surface area contributed by atoms with E-state index in [2.05, 4.69) is 27.1 Å². The first-order valence-corrected chi connectivity index (χ1v) is 11.5. The fourth-order valence-corrected chi connectivity index (χ4v) is 4.34. The first kappa shape index (κ1) is 21.8. The lowest BCUT2D eigenvalue weighted by atomic mass is 10.1. The molecule has 2 aromatic rings. The van der Waals surface area contributed by atoms with Crippen molar-refractivity contribution < 1.29 is 14.1 Å². The fraction of sp³-hybridized carbons (Fsp3) is 0.583. The Kier molecular flexibility index (Phi) is 7.25. The van der Waals surface area contributed by atoms with Gasteiger partial charge in [0.25, 0.3) is 0 Å². The molecule has 0 atom stereocenters.